The van der Waals surface area contributed by atoms with Gasteiger partial charge in [-0.1, -0.05) is 6.92 Å². The smallest absolute Gasteiger partial charge is 0.266 e. The van der Waals surface area contributed by atoms with Crippen LogP contribution in [-0.4, -0.2) is 25.0 Å². The summed E-state index contributed by atoms with van der Waals surface area (Å²) in [6, 6.07) is -0.448. The van der Waals surface area contributed by atoms with Crippen LogP contribution in [0.4, 0.5) is 0 Å². The molecule has 0 spiro atoms. The van der Waals surface area contributed by atoms with E-state index in [1.54, 1.807) is 0 Å². The molecule has 0 aliphatic carbocycles. The fraction of sp³-hybridized carbons (Fsp3) is 0.750. The van der Waals surface area contributed by atoms with Gasteiger partial charge >= 0.3 is 0 Å². The van der Waals surface area contributed by atoms with Crippen molar-refractivity contribution in [1.82, 2.24) is 10.8 Å². The predicted molar refractivity (Wildman–Crippen MR) is 45.5 cm³/mol. The summed E-state index contributed by atoms with van der Waals surface area (Å²) in [5.74, 6) is -0.112. The summed E-state index contributed by atoms with van der Waals surface area (Å²) >= 11 is 0. The zero-order chi connectivity index (χ0) is 9.84. The molecule has 1 rings (SSSR count). The summed E-state index contributed by atoms with van der Waals surface area (Å²) in [6.45, 7) is 1.95. The second kappa shape index (κ2) is 4.23. The van der Waals surface area contributed by atoms with Crippen molar-refractivity contribution in [3.05, 3.63) is 0 Å². The summed E-state index contributed by atoms with van der Waals surface area (Å²) in [5.41, 5.74) is 2.20. The number of nitrogens with one attached hydrogen (secondary N) is 2. The van der Waals surface area contributed by atoms with E-state index >= 15 is 0 Å². The molecule has 1 fully saturated rings. The zero-order valence-electron chi connectivity index (χ0n) is 7.79. The third-order valence-electron chi connectivity index (χ3n) is 2.03. The Labute approximate surface area is 76.8 Å². The molecule has 1 heterocycles. The quantitative estimate of drug-likeness (QED) is 0.575. The maximum Gasteiger partial charge on any atom is 0.266 e. The van der Waals surface area contributed by atoms with Gasteiger partial charge in [0.1, 0.15) is 6.04 Å². The minimum Gasteiger partial charge on any atom is -0.344 e. The third-order valence-corrected chi connectivity index (χ3v) is 2.03. The maximum absolute atomic E-state index is 11.2. The summed E-state index contributed by atoms with van der Waals surface area (Å²) < 4.78 is 0. The predicted octanol–water partition coefficient (Wildman–Crippen LogP) is -0.421. The number of carbonyl (C=O) groups is 2. The van der Waals surface area contributed by atoms with Gasteiger partial charge < -0.3 is 5.32 Å². The number of hydrogen-bond acceptors (Lipinski definition) is 3. The molecule has 13 heavy (non-hydrogen) atoms. The Bertz CT molecular complexity index is 217. The molecule has 2 amide bonds. The van der Waals surface area contributed by atoms with Gasteiger partial charge in [-0.15, -0.1) is 0 Å². The lowest BCUT2D eigenvalue weighted by atomic mass is 9.93. The Morgan fingerprint density at radius 3 is 2.92 bits per heavy atom. The molecule has 0 aromatic carbocycles. The van der Waals surface area contributed by atoms with Crippen LogP contribution in [0.15, 0.2) is 0 Å². The average Bonchev–Trinajstić information content (AvgIpc) is 2.03. The first kappa shape index (κ1) is 9.98. The van der Waals surface area contributed by atoms with Crippen LogP contribution >= 0.6 is 0 Å². The van der Waals surface area contributed by atoms with Crippen molar-refractivity contribution in [2.45, 2.75) is 25.8 Å². The van der Waals surface area contributed by atoms with E-state index in [-0.39, 0.29) is 17.7 Å². The Hall–Kier alpha value is -1.10. The summed E-state index contributed by atoms with van der Waals surface area (Å²) in [6.07, 6.45) is 1.16. The van der Waals surface area contributed by atoms with Crippen LogP contribution in [-0.2, 0) is 14.4 Å². The molecular formula is C8H14N2O3. The van der Waals surface area contributed by atoms with E-state index in [1.807, 2.05) is 6.92 Å². The lowest BCUT2D eigenvalue weighted by Gasteiger charge is -2.26. The van der Waals surface area contributed by atoms with Crippen LogP contribution in [0.25, 0.3) is 0 Å². The second-order valence-electron chi connectivity index (χ2n) is 3.34. The van der Waals surface area contributed by atoms with Crippen LogP contribution in [0, 0.1) is 5.92 Å². The Kier molecular flexibility index (Phi) is 3.25. The van der Waals surface area contributed by atoms with E-state index in [4.69, 9.17) is 0 Å². The van der Waals surface area contributed by atoms with Crippen LogP contribution in [0.5, 0.6) is 0 Å². The number of hydrogen-bond donors (Lipinski definition) is 2. The molecule has 1 saturated heterocycles. The molecule has 74 valence electrons. The van der Waals surface area contributed by atoms with Crippen molar-refractivity contribution in [2.75, 3.05) is 7.11 Å². The van der Waals surface area contributed by atoms with Gasteiger partial charge in [-0.25, -0.2) is 5.48 Å². The standard InChI is InChI=1S/C8H14N2O3/c1-5-3-6(8(12)10-13-2)9-7(11)4-5/h5-6H,3-4H2,1-2H3,(H,9,11)(H,10,12). The normalized spacial score (nSPS) is 28.0. The minimum atomic E-state index is -0.448. The number of hydroxylamine groups is 1. The van der Waals surface area contributed by atoms with E-state index in [0.29, 0.717) is 12.8 Å². The van der Waals surface area contributed by atoms with Gasteiger partial charge in [-0.3, -0.25) is 14.4 Å². The second-order valence-corrected chi connectivity index (χ2v) is 3.34. The molecule has 2 atom stereocenters. The highest BCUT2D eigenvalue weighted by Crippen LogP contribution is 2.15. The number of amides is 2. The highest BCUT2D eigenvalue weighted by atomic mass is 16.6. The van der Waals surface area contributed by atoms with Crippen molar-refractivity contribution in [2.24, 2.45) is 5.92 Å². The summed E-state index contributed by atoms with van der Waals surface area (Å²) in [4.78, 5) is 26.8. The van der Waals surface area contributed by atoms with Crippen molar-refractivity contribution in [1.29, 1.82) is 0 Å². The molecule has 2 unspecified atom stereocenters. The van der Waals surface area contributed by atoms with Crippen LogP contribution in [0.1, 0.15) is 19.8 Å². The molecule has 0 aromatic rings. The van der Waals surface area contributed by atoms with E-state index in [1.165, 1.54) is 7.11 Å². The van der Waals surface area contributed by atoms with Crippen molar-refractivity contribution >= 4 is 11.8 Å². The van der Waals surface area contributed by atoms with Gasteiger partial charge in [0.05, 0.1) is 7.11 Å². The van der Waals surface area contributed by atoms with E-state index in [0.717, 1.165) is 0 Å². The first-order valence-electron chi connectivity index (χ1n) is 4.25. The Morgan fingerprint density at radius 2 is 2.38 bits per heavy atom. The molecule has 2 N–H and O–H groups in total. The highest BCUT2D eigenvalue weighted by Gasteiger charge is 2.28. The topological polar surface area (TPSA) is 67.4 Å². The van der Waals surface area contributed by atoms with Gasteiger partial charge in [0.15, 0.2) is 0 Å². The highest BCUT2D eigenvalue weighted by molar-refractivity contribution is 5.88. The Morgan fingerprint density at radius 1 is 1.69 bits per heavy atom. The van der Waals surface area contributed by atoms with Crippen LogP contribution < -0.4 is 10.8 Å². The maximum atomic E-state index is 11.2. The van der Waals surface area contributed by atoms with Crippen molar-refractivity contribution in [3.8, 4) is 0 Å². The fourth-order valence-corrected chi connectivity index (χ4v) is 1.46. The number of rotatable bonds is 2. The molecule has 0 bridgehead atoms. The third kappa shape index (κ3) is 2.69. The first-order chi connectivity index (χ1) is 6.13. The summed E-state index contributed by atoms with van der Waals surface area (Å²) in [7, 11) is 1.37. The van der Waals surface area contributed by atoms with Crippen LogP contribution in [0.2, 0.25) is 0 Å². The SMILES string of the molecule is CONC(=O)C1CC(C)CC(=O)N1. The molecule has 0 aromatic heterocycles. The molecule has 1 aliphatic rings. The van der Waals surface area contributed by atoms with E-state index < -0.39 is 6.04 Å². The van der Waals surface area contributed by atoms with Gasteiger partial charge in [0, 0.05) is 6.42 Å². The van der Waals surface area contributed by atoms with Crippen LogP contribution in [0.3, 0.4) is 0 Å². The summed E-state index contributed by atoms with van der Waals surface area (Å²) in [5, 5.41) is 2.60. The van der Waals surface area contributed by atoms with E-state index in [2.05, 4.69) is 15.6 Å². The largest absolute Gasteiger partial charge is 0.344 e. The monoisotopic (exact) mass is 186 g/mol. The van der Waals surface area contributed by atoms with Gasteiger partial charge in [0.25, 0.3) is 5.91 Å². The molecular weight excluding hydrogens is 172 g/mol. The number of carbonyl (C=O) groups excluding carboxylic acids is 2. The number of piperidine rings is 1. The minimum absolute atomic E-state index is 0.0741. The molecule has 5 nitrogen and oxygen atoms in total. The van der Waals surface area contributed by atoms with Gasteiger partial charge in [0.2, 0.25) is 5.91 Å². The lowest BCUT2D eigenvalue weighted by Crippen LogP contribution is -2.50. The zero-order valence-corrected chi connectivity index (χ0v) is 7.79. The molecule has 0 radical (unpaired) electrons. The van der Waals surface area contributed by atoms with E-state index in [9.17, 15) is 9.59 Å². The molecule has 1 aliphatic heterocycles. The molecule has 0 saturated carbocycles. The van der Waals surface area contributed by atoms with Gasteiger partial charge in [-0.2, -0.15) is 0 Å². The fourth-order valence-electron chi connectivity index (χ4n) is 1.46. The van der Waals surface area contributed by atoms with Crippen molar-refractivity contribution in [3.63, 3.8) is 0 Å². The first-order valence-corrected chi connectivity index (χ1v) is 4.25. The average molecular weight is 186 g/mol. The van der Waals surface area contributed by atoms with Crippen molar-refractivity contribution < 1.29 is 14.4 Å². The molecule has 5 heteroatoms. The van der Waals surface area contributed by atoms with Gasteiger partial charge in [-0.05, 0) is 12.3 Å². The Balaban J connectivity index is 2.49. The lowest BCUT2D eigenvalue weighted by molar-refractivity contribution is -0.138.